The van der Waals surface area contributed by atoms with Gasteiger partial charge in [-0.15, -0.1) is 5.10 Å². The first-order chi connectivity index (χ1) is 9.72. The standard InChI is InChI=1S/C11H18N4O4S2/c1-8-9(20-14-13-8)6-12-10(16)11(2)7-15(4-5-19-11)21(3,17)18/h4-7H2,1-3H3,(H,12,16). The van der Waals surface area contributed by atoms with Gasteiger partial charge in [-0.05, 0) is 25.4 Å². The van der Waals surface area contributed by atoms with Crippen LogP contribution in [0.2, 0.25) is 0 Å². The van der Waals surface area contributed by atoms with E-state index in [0.717, 1.165) is 16.8 Å². The molecule has 0 radical (unpaired) electrons. The third kappa shape index (κ3) is 3.76. The lowest BCUT2D eigenvalue weighted by Gasteiger charge is -2.37. The average Bonchev–Trinajstić information content (AvgIpc) is 2.80. The van der Waals surface area contributed by atoms with Gasteiger partial charge in [-0.2, -0.15) is 4.31 Å². The quantitative estimate of drug-likeness (QED) is 0.797. The van der Waals surface area contributed by atoms with Crippen molar-refractivity contribution in [2.75, 3.05) is 26.0 Å². The van der Waals surface area contributed by atoms with E-state index in [1.165, 1.54) is 15.8 Å². The summed E-state index contributed by atoms with van der Waals surface area (Å²) in [5.74, 6) is -0.344. The Hall–Kier alpha value is -1.10. The number of morpholine rings is 1. The maximum atomic E-state index is 12.3. The molecule has 21 heavy (non-hydrogen) atoms. The number of aromatic nitrogens is 2. The Morgan fingerprint density at radius 1 is 1.57 bits per heavy atom. The zero-order valence-electron chi connectivity index (χ0n) is 12.1. The van der Waals surface area contributed by atoms with Gasteiger partial charge in [0.1, 0.15) is 0 Å². The SMILES string of the molecule is Cc1nnsc1CNC(=O)C1(C)CN(S(C)(=O)=O)CCO1. The van der Waals surface area contributed by atoms with Crippen molar-refractivity contribution in [2.24, 2.45) is 0 Å². The third-order valence-corrected chi connectivity index (χ3v) is 5.42. The molecule has 1 unspecified atom stereocenters. The molecule has 0 bridgehead atoms. The summed E-state index contributed by atoms with van der Waals surface area (Å²) < 4.78 is 33.8. The number of carbonyl (C=O) groups is 1. The molecule has 0 aliphatic carbocycles. The zero-order valence-corrected chi connectivity index (χ0v) is 13.8. The number of nitrogens with zero attached hydrogens (tertiary/aromatic N) is 3. The molecule has 8 nitrogen and oxygen atoms in total. The first kappa shape index (κ1) is 16.3. The number of rotatable bonds is 4. The second-order valence-electron chi connectivity index (χ2n) is 5.14. The summed E-state index contributed by atoms with van der Waals surface area (Å²) in [6.45, 7) is 4.18. The molecule has 1 aromatic heterocycles. The van der Waals surface area contributed by atoms with Crippen molar-refractivity contribution in [3.63, 3.8) is 0 Å². The second kappa shape index (κ2) is 5.95. The van der Waals surface area contributed by atoms with Gasteiger partial charge in [0.25, 0.3) is 5.91 Å². The summed E-state index contributed by atoms with van der Waals surface area (Å²) in [7, 11) is -3.34. The molecule has 1 amide bonds. The van der Waals surface area contributed by atoms with Crippen molar-refractivity contribution in [3.05, 3.63) is 10.6 Å². The number of hydrogen-bond acceptors (Lipinski definition) is 7. The van der Waals surface area contributed by atoms with Gasteiger partial charge >= 0.3 is 0 Å². The summed E-state index contributed by atoms with van der Waals surface area (Å²) in [4.78, 5) is 13.2. The van der Waals surface area contributed by atoms with Crippen LogP contribution in [0.5, 0.6) is 0 Å². The van der Waals surface area contributed by atoms with Crippen LogP contribution in [0, 0.1) is 6.92 Å². The summed E-state index contributed by atoms with van der Waals surface area (Å²) in [5.41, 5.74) is -0.416. The van der Waals surface area contributed by atoms with Crippen molar-refractivity contribution in [1.82, 2.24) is 19.2 Å². The molecule has 2 heterocycles. The van der Waals surface area contributed by atoms with Gasteiger partial charge in [0.2, 0.25) is 10.0 Å². The van der Waals surface area contributed by atoms with E-state index in [4.69, 9.17) is 4.74 Å². The molecule has 1 aromatic rings. The molecule has 1 saturated heterocycles. The van der Waals surface area contributed by atoms with Crippen molar-refractivity contribution in [1.29, 1.82) is 0 Å². The number of carbonyl (C=O) groups excluding carboxylic acids is 1. The van der Waals surface area contributed by atoms with E-state index in [1.807, 2.05) is 6.92 Å². The minimum absolute atomic E-state index is 0.0115. The lowest BCUT2D eigenvalue weighted by molar-refractivity contribution is -0.152. The minimum atomic E-state index is -3.34. The fourth-order valence-corrected chi connectivity index (χ4v) is 3.47. The van der Waals surface area contributed by atoms with Crippen LogP contribution >= 0.6 is 11.5 Å². The van der Waals surface area contributed by atoms with Gasteiger partial charge in [-0.3, -0.25) is 4.79 Å². The van der Waals surface area contributed by atoms with Gasteiger partial charge in [0.15, 0.2) is 5.60 Å². The highest BCUT2D eigenvalue weighted by atomic mass is 32.2. The smallest absolute Gasteiger partial charge is 0.253 e. The van der Waals surface area contributed by atoms with Crippen molar-refractivity contribution in [2.45, 2.75) is 26.0 Å². The molecule has 1 aliphatic heterocycles. The fraction of sp³-hybridized carbons (Fsp3) is 0.727. The second-order valence-corrected chi connectivity index (χ2v) is 7.96. The van der Waals surface area contributed by atoms with E-state index in [0.29, 0.717) is 6.54 Å². The van der Waals surface area contributed by atoms with Gasteiger partial charge in [0, 0.05) is 6.54 Å². The highest BCUT2D eigenvalue weighted by Gasteiger charge is 2.41. The first-order valence-electron chi connectivity index (χ1n) is 6.37. The Bertz CT molecular complexity index is 630. The number of sulfonamides is 1. The highest BCUT2D eigenvalue weighted by molar-refractivity contribution is 7.88. The molecule has 118 valence electrons. The number of aryl methyl sites for hydroxylation is 1. The number of nitrogens with one attached hydrogen (secondary N) is 1. The van der Waals surface area contributed by atoms with E-state index in [-0.39, 0.29) is 25.6 Å². The number of amides is 1. The van der Waals surface area contributed by atoms with Gasteiger partial charge in [0.05, 0.1) is 36.5 Å². The molecule has 1 N–H and O–H groups in total. The molecule has 0 saturated carbocycles. The molecule has 1 fully saturated rings. The molecule has 1 aliphatic rings. The Morgan fingerprint density at radius 3 is 2.86 bits per heavy atom. The molecule has 0 spiro atoms. The van der Waals surface area contributed by atoms with Gasteiger partial charge < -0.3 is 10.1 Å². The first-order valence-corrected chi connectivity index (χ1v) is 9.00. The Morgan fingerprint density at radius 2 is 2.29 bits per heavy atom. The Kier molecular flexibility index (Phi) is 4.61. The zero-order chi connectivity index (χ0) is 15.7. The van der Waals surface area contributed by atoms with Crippen LogP contribution in [-0.2, 0) is 26.1 Å². The molecule has 0 aromatic carbocycles. The predicted octanol–water partition coefficient (Wildman–Crippen LogP) is -0.487. The predicted molar refractivity (Wildman–Crippen MR) is 77.3 cm³/mol. The van der Waals surface area contributed by atoms with E-state index < -0.39 is 15.6 Å². The largest absolute Gasteiger partial charge is 0.363 e. The summed E-state index contributed by atoms with van der Waals surface area (Å²) in [5, 5.41) is 6.62. The molecule has 1 atom stereocenters. The fourth-order valence-electron chi connectivity index (χ4n) is 2.01. The summed E-state index contributed by atoms with van der Waals surface area (Å²) >= 11 is 1.22. The number of ether oxygens (including phenoxy) is 1. The molecule has 2 rings (SSSR count). The summed E-state index contributed by atoms with van der Waals surface area (Å²) in [6, 6.07) is 0. The van der Waals surface area contributed by atoms with Crippen LogP contribution in [0.1, 0.15) is 17.5 Å². The Labute approximate surface area is 127 Å². The maximum absolute atomic E-state index is 12.3. The molecule has 10 heteroatoms. The maximum Gasteiger partial charge on any atom is 0.253 e. The van der Waals surface area contributed by atoms with Crippen LogP contribution in [-0.4, -0.2) is 59.8 Å². The van der Waals surface area contributed by atoms with Crippen molar-refractivity contribution < 1.29 is 17.9 Å². The van der Waals surface area contributed by atoms with Gasteiger partial charge in [-0.25, -0.2) is 8.42 Å². The summed E-state index contributed by atoms with van der Waals surface area (Å²) in [6.07, 6.45) is 1.13. The normalized spacial score (nSPS) is 24.0. The van der Waals surface area contributed by atoms with Crippen LogP contribution in [0.15, 0.2) is 0 Å². The average molecular weight is 334 g/mol. The van der Waals surface area contributed by atoms with Crippen molar-refractivity contribution in [3.8, 4) is 0 Å². The topological polar surface area (TPSA) is 101 Å². The highest BCUT2D eigenvalue weighted by Crippen LogP contribution is 2.20. The third-order valence-electron chi connectivity index (χ3n) is 3.34. The lowest BCUT2D eigenvalue weighted by atomic mass is 10.0. The van der Waals surface area contributed by atoms with Crippen LogP contribution in [0.3, 0.4) is 0 Å². The Balaban J connectivity index is 2.02. The van der Waals surface area contributed by atoms with Crippen molar-refractivity contribution >= 4 is 27.5 Å². The van der Waals surface area contributed by atoms with E-state index in [1.54, 1.807) is 6.92 Å². The van der Waals surface area contributed by atoms with Gasteiger partial charge in [-0.1, -0.05) is 4.49 Å². The van der Waals surface area contributed by atoms with E-state index in [9.17, 15) is 13.2 Å². The van der Waals surface area contributed by atoms with Crippen LogP contribution in [0.4, 0.5) is 0 Å². The number of hydrogen-bond donors (Lipinski definition) is 1. The molecular formula is C11H18N4O4S2. The van der Waals surface area contributed by atoms with Crippen LogP contribution in [0.25, 0.3) is 0 Å². The molecular weight excluding hydrogens is 316 g/mol. The lowest BCUT2D eigenvalue weighted by Crippen LogP contribution is -2.59. The monoisotopic (exact) mass is 334 g/mol. The van der Waals surface area contributed by atoms with E-state index >= 15 is 0 Å². The minimum Gasteiger partial charge on any atom is -0.363 e. The van der Waals surface area contributed by atoms with Crippen LogP contribution < -0.4 is 5.32 Å². The van der Waals surface area contributed by atoms with E-state index in [2.05, 4.69) is 14.9 Å².